The number of carbonyl (C=O) groups is 2. The number of nitrogens with zero attached hydrogens (tertiary/aromatic N) is 2. The number of thiophene rings is 1. The van der Waals surface area contributed by atoms with Crippen LogP contribution in [0.1, 0.15) is 50.5 Å². The van der Waals surface area contributed by atoms with Gasteiger partial charge in [-0.2, -0.15) is 0 Å². The summed E-state index contributed by atoms with van der Waals surface area (Å²) in [6, 6.07) is 7.33. The molecule has 2 aliphatic heterocycles. The van der Waals surface area contributed by atoms with E-state index in [0.29, 0.717) is 17.0 Å². The number of ketones is 1. The summed E-state index contributed by atoms with van der Waals surface area (Å²) in [4.78, 5) is 32.0. The molecule has 0 spiro atoms. The number of piperidine rings is 1. The van der Waals surface area contributed by atoms with Crippen LogP contribution in [-0.4, -0.2) is 54.2 Å². The minimum absolute atomic E-state index is 0.0883. The Morgan fingerprint density at radius 3 is 2.39 bits per heavy atom. The molecule has 1 aromatic heterocycles. The molecule has 0 atom stereocenters. The molecule has 2 N–H and O–H groups in total. The molecule has 7 heteroatoms. The maximum atomic E-state index is 12.7. The second-order valence-electron chi connectivity index (χ2n) is 8.61. The number of Topliss-reactive ketones (excluding diaryl/α,β-unsaturated/α-hetero) is 1. The number of fused-ring (bicyclic) bond motifs is 1. The first-order chi connectivity index (χ1) is 15.0. The first-order valence-electron chi connectivity index (χ1n) is 11.1. The predicted molar refractivity (Wildman–Crippen MR) is 126 cm³/mol. The lowest BCUT2D eigenvalue weighted by Crippen LogP contribution is -2.39. The van der Waals surface area contributed by atoms with Crippen molar-refractivity contribution in [3.8, 4) is 0 Å². The second-order valence-corrected chi connectivity index (χ2v) is 10.2. The van der Waals surface area contributed by atoms with Crippen LogP contribution < -0.4 is 5.73 Å². The topological polar surface area (TPSA) is 66.6 Å². The lowest BCUT2D eigenvalue weighted by molar-refractivity contribution is -0.117. The number of amides is 1. The summed E-state index contributed by atoms with van der Waals surface area (Å²) in [6.07, 6.45) is 5.39. The fraction of sp³-hybridized carbons (Fsp3) is 0.500. The summed E-state index contributed by atoms with van der Waals surface area (Å²) in [5.41, 5.74) is 8.34. The zero-order valence-corrected chi connectivity index (χ0v) is 19.4. The molecule has 3 heterocycles. The number of primary amides is 1. The molecular weight excluding hydrogens is 430 g/mol. The SMILES string of the molecule is NC(=O)c1c(CC(=O)Cc2ccc(Cl)cc2)sc2c1CCN(CCN1CCCCC1)C2. The van der Waals surface area contributed by atoms with Gasteiger partial charge in [0, 0.05) is 53.8 Å². The highest BCUT2D eigenvalue weighted by molar-refractivity contribution is 7.12. The Hall–Kier alpha value is -1.73. The lowest BCUT2D eigenvalue weighted by atomic mass is 9.98. The molecule has 1 saturated heterocycles. The molecule has 0 saturated carbocycles. The van der Waals surface area contributed by atoms with Crippen LogP contribution in [0.4, 0.5) is 0 Å². The van der Waals surface area contributed by atoms with Gasteiger partial charge in [0.1, 0.15) is 5.78 Å². The van der Waals surface area contributed by atoms with Gasteiger partial charge >= 0.3 is 0 Å². The molecule has 2 aliphatic rings. The van der Waals surface area contributed by atoms with Crippen molar-refractivity contribution in [3.05, 3.63) is 55.7 Å². The van der Waals surface area contributed by atoms with Crippen LogP contribution in [0.3, 0.4) is 0 Å². The van der Waals surface area contributed by atoms with Gasteiger partial charge in [0.2, 0.25) is 5.91 Å². The Labute approximate surface area is 193 Å². The van der Waals surface area contributed by atoms with Gasteiger partial charge < -0.3 is 10.6 Å². The number of likely N-dealkylation sites (tertiary alicyclic amines) is 1. The molecular formula is C24H30ClN3O2S. The Morgan fingerprint density at radius 1 is 0.968 bits per heavy atom. The molecule has 0 bridgehead atoms. The van der Waals surface area contributed by atoms with Crippen LogP contribution in [0.25, 0.3) is 0 Å². The molecule has 0 aliphatic carbocycles. The van der Waals surface area contributed by atoms with E-state index in [1.54, 1.807) is 23.5 Å². The van der Waals surface area contributed by atoms with Gasteiger partial charge in [0.15, 0.2) is 0 Å². The van der Waals surface area contributed by atoms with E-state index in [1.807, 2.05) is 12.1 Å². The second kappa shape index (κ2) is 10.3. The number of carbonyl (C=O) groups excluding carboxylic acids is 2. The van der Waals surface area contributed by atoms with Crippen LogP contribution >= 0.6 is 22.9 Å². The van der Waals surface area contributed by atoms with Crippen molar-refractivity contribution < 1.29 is 9.59 Å². The Bertz CT molecular complexity index is 935. The van der Waals surface area contributed by atoms with E-state index < -0.39 is 5.91 Å². The zero-order chi connectivity index (χ0) is 21.8. The van der Waals surface area contributed by atoms with Crippen molar-refractivity contribution in [1.29, 1.82) is 0 Å². The molecule has 0 radical (unpaired) electrons. The highest BCUT2D eigenvalue weighted by Gasteiger charge is 2.27. The first-order valence-corrected chi connectivity index (χ1v) is 12.3. The van der Waals surface area contributed by atoms with E-state index in [4.69, 9.17) is 17.3 Å². The van der Waals surface area contributed by atoms with E-state index >= 15 is 0 Å². The predicted octanol–water partition coefficient (Wildman–Crippen LogP) is 3.70. The van der Waals surface area contributed by atoms with Gasteiger partial charge in [-0.05, 0) is 55.6 Å². The summed E-state index contributed by atoms with van der Waals surface area (Å²) in [7, 11) is 0. The minimum atomic E-state index is -0.409. The summed E-state index contributed by atoms with van der Waals surface area (Å²) >= 11 is 7.53. The Kier molecular flexibility index (Phi) is 7.43. The minimum Gasteiger partial charge on any atom is -0.366 e. The molecule has 2 aromatic rings. The van der Waals surface area contributed by atoms with Crippen molar-refractivity contribution in [3.63, 3.8) is 0 Å². The summed E-state index contributed by atoms with van der Waals surface area (Å²) < 4.78 is 0. The highest BCUT2D eigenvalue weighted by Crippen LogP contribution is 2.33. The van der Waals surface area contributed by atoms with E-state index in [2.05, 4.69) is 9.80 Å². The van der Waals surface area contributed by atoms with Gasteiger partial charge in [-0.1, -0.05) is 30.2 Å². The van der Waals surface area contributed by atoms with Gasteiger partial charge in [0.25, 0.3) is 0 Å². The molecule has 31 heavy (non-hydrogen) atoms. The van der Waals surface area contributed by atoms with E-state index in [0.717, 1.165) is 48.6 Å². The van der Waals surface area contributed by atoms with Crippen molar-refractivity contribution in [2.75, 3.05) is 32.7 Å². The third-order valence-electron chi connectivity index (χ3n) is 6.31. The number of rotatable bonds is 8. The average Bonchev–Trinajstić information content (AvgIpc) is 3.11. The molecule has 4 rings (SSSR count). The number of nitrogens with two attached hydrogens (primary N) is 1. The third kappa shape index (κ3) is 5.75. The fourth-order valence-corrected chi connectivity index (χ4v) is 6.21. The van der Waals surface area contributed by atoms with Gasteiger partial charge in [-0.15, -0.1) is 11.3 Å². The number of halogens is 1. The summed E-state index contributed by atoms with van der Waals surface area (Å²) in [5, 5.41) is 0.656. The van der Waals surface area contributed by atoms with E-state index in [9.17, 15) is 9.59 Å². The third-order valence-corrected chi connectivity index (χ3v) is 7.78. The highest BCUT2D eigenvalue weighted by atomic mass is 35.5. The van der Waals surface area contributed by atoms with Crippen molar-refractivity contribution >= 4 is 34.6 Å². The van der Waals surface area contributed by atoms with E-state index in [1.165, 1.54) is 37.2 Å². The maximum absolute atomic E-state index is 12.7. The molecule has 1 fully saturated rings. The van der Waals surface area contributed by atoms with Crippen LogP contribution in [0.15, 0.2) is 24.3 Å². The van der Waals surface area contributed by atoms with Crippen molar-refractivity contribution in [1.82, 2.24) is 9.80 Å². The normalized spacial score (nSPS) is 17.5. The quantitative estimate of drug-likeness (QED) is 0.653. The van der Waals surface area contributed by atoms with Gasteiger partial charge in [0.05, 0.1) is 5.56 Å². The Balaban J connectivity index is 1.41. The van der Waals surface area contributed by atoms with Gasteiger partial charge in [-0.25, -0.2) is 0 Å². The molecule has 1 aromatic carbocycles. The van der Waals surface area contributed by atoms with Gasteiger partial charge in [-0.3, -0.25) is 14.5 Å². The van der Waals surface area contributed by atoms with Crippen LogP contribution in [0.5, 0.6) is 0 Å². The van der Waals surface area contributed by atoms with Crippen molar-refractivity contribution in [2.45, 2.75) is 45.1 Å². The van der Waals surface area contributed by atoms with Crippen LogP contribution in [0, 0.1) is 0 Å². The van der Waals surface area contributed by atoms with Crippen molar-refractivity contribution in [2.24, 2.45) is 5.73 Å². The number of benzene rings is 1. The molecule has 1 amide bonds. The maximum Gasteiger partial charge on any atom is 0.250 e. The summed E-state index contributed by atoms with van der Waals surface area (Å²) in [6.45, 7) is 6.37. The largest absolute Gasteiger partial charge is 0.366 e. The standard InChI is InChI=1S/C24H30ClN3O2S/c25-18-6-4-17(5-7-18)14-19(29)15-21-23(24(26)30)20-8-11-28(16-22(20)31-21)13-12-27-9-2-1-3-10-27/h4-7H,1-3,8-16H2,(H2,26,30). The van der Waals surface area contributed by atoms with Crippen LogP contribution in [0.2, 0.25) is 5.02 Å². The molecule has 166 valence electrons. The lowest BCUT2D eigenvalue weighted by Gasteiger charge is -2.31. The number of hydrogen-bond donors (Lipinski definition) is 1. The zero-order valence-electron chi connectivity index (χ0n) is 17.9. The molecule has 0 unspecified atom stereocenters. The monoisotopic (exact) mass is 459 g/mol. The van der Waals surface area contributed by atoms with Crippen LogP contribution in [-0.2, 0) is 30.6 Å². The Morgan fingerprint density at radius 2 is 1.68 bits per heavy atom. The summed E-state index contributed by atoms with van der Waals surface area (Å²) in [5.74, 6) is -0.320. The fourth-order valence-electron chi connectivity index (χ4n) is 4.65. The smallest absolute Gasteiger partial charge is 0.250 e. The van der Waals surface area contributed by atoms with E-state index in [-0.39, 0.29) is 12.2 Å². The average molecular weight is 460 g/mol. The first kappa shape index (κ1) is 22.5. The molecule has 5 nitrogen and oxygen atoms in total. The number of hydrogen-bond acceptors (Lipinski definition) is 5.